The number of carbonyl (C=O) groups is 1. The lowest BCUT2D eigenvalue weighted by Crippen LogP contribution is -2.27. The van der Waals surface area contributed by atoms with Gasteiger partial charge < -0.3 is 14.2 Å². The maximum atomic E-state index is 12.4. The van der Waals surface area contributed by atoms with Crippen LogP contribution < -0.4 is 14.2 Å². The minimum Gasteiger partial charge on any atom is -0.493 e. The first kappa shape index (κ1) is 17.4. The van der Waals surface area contributed by atoms with Gasteiger partial charge in [-0.3, -0.25) is 9.69 Å². The maximum Gasteiger partial charge on any atom is 0.266 e. The number of amides is 1. The lowest BCUT2D eigenvalue weighted by atomic mass is 10.1. The van der Waals surface area contributed by atoms with Gasteiger partial charge in [-0.15, -0.1) is 6.58 Å². The fourth-order valence-electron chi connectivity index (χ4n) is 2.17. The van der Waals surface area contributed by atoms with Crippen molar-refractivity contribution in [3.63, 3.8) is 0 Å². The molecule has 1 heterocycles. The third-order valence-electron chi connectivity index (χ3n) is 3.21. The Morgan fingerprint density at radius 1 is 1.22 bits per heavy atom. The van der Waals surface area contributed by atoms with Crippen LogP contribution in [0.25, 0.3) is 6.08 Å². The average molecular weight is 351 g/mol. The predicted octanol–water partition coefficient (Wildman–Crippen LogP) is 3.10. The number of nitrogens with zero attached hydrogens (tertiary/aromatic N) is 1. The monoisotopic (exact) mass is 351 g/mol. The third-order valence-corrected chi connectivity index (χ3v) is 4.58. The van der Waals surface area contributed by atoms with Gasteiger partial charge in [-0.25, -0.2) is 0 Å². The van der Waals surface area contributed by atoms with E-state index in [2.05, 4.69) is 6.58 Å². The van der Waals surface area contributed by atoms with E-state index in [1.54, 1.807) is 31.4 Å². The minimum absolute atomic E-state index is 0.142. The summed E-state index contributed by atoms with van der Waals surface area (Å²) >= 11 is 6.48. The zero-order chi connectivity index (χ0) is 17.0. The van der Waals surface area contributed by atoms with Gasteiger partial charge in [0.1, 0.15) is 4.32 Å². The van der Waals surface area contributed by atoms with Gasteiger partial charge >= 0.3 is 0 Å². The first-order valence-corrected chi connectivity index (χ1v) is 7.95. The summed E-state index contributed by atoms with van der Waals surface area (Å²) in [5.41, 5.74) is 0.712. The molecule has 1 amide bonds. The number of rotatable bonds is 6. The topological polar surface area (TPSA) is 48.0 Å². The quantitative estimate of drug-likeness (QED) is 0.446. The molecule has 122 valence electrons. The summed E-state index contributed by atoms with van der Waals surface area (Å²) in [6.45, 7) is 4.03. The van der Waals surface area contributed by atoms with Crippen LogP contribution in [0.4, 0.5) is 0 Å². The van der Waals surface area contributed by atoms with E-state index >= 15 is 0 Å². The summed E-state index contributed by atoms with van der Waals surface area (Å²) < 4.78 is 16.5. The van der Waals surface area contributed by atoms with E-state index in [4.69, 9.17) is 26.4 Å². The fourth-order valence-corrected chi connectivity index (χ4v) is 3.43. The molecule has 0 aliphatic carbocycles. The first-order valence-electron chi connectivity index (χ1n) is 6.72. The van der Waals surface area contributed by atoms with E-state index in [9.17, 15) is 4.79 Å². The molecule has 1 aromatic carbocycles. The van der Waals surface area contributed by atoms with E-state index in [0.29, 0.717) is 38.6 Å². The van der Waals surface area contributed by atoms with E-state index in [0.717, 1.165) is 0 Å². The van der Waals surface area contributed by atoms with Crippen LogP contribution in [0.5, 0.6) is 17.2 Å². The summed E-state index contributed by atoms with van der Waals surface area (Å²) in [7, 11) is 4.63. The second kappa shape index (κ2) is 7.52. The molecule has 2 rings (SSSR count). The Morgan fingerprint density at radius 2 is 1.91 bits per heavy atom. The molecule has 0 N–H and O–H groups in total. The minimum atomic E-state index is -0.142. The second-order valence-electron chi connectivity index (χ2n) is 4.50. The zero-order valence-corrected chi connectivity index (χ0v) is 14.8. The molecular formula is C16H17NO4S2. The molecule has 0 saturated carbocycles. The lowest BCUT2D eigenvalue weighted by Gasteiger charge is -2.14. The molecule has 0 radical (unpaired) electrons. The molecule has 0 atom stereocenters. The van der Waals surface area contributed by atoms with Crippen LogP contribution in [0.1, 0.15) is 5.56 Å². The average Bonchev–Trinajstić information content (AvgIpc) is 2.82. The summed E-state index contributed by atoms with van der Waals surface area (Å²) in [5.74, 6) is 1.39. The Bertz CT molecular complexity index is 685. The van der Waals surface area contributed by atoms with Gasteiger partial charge in [0, 0.05) is 12.1 Å². The Hall–Kier alpha value is -1.99. The molecule has 1 aliphatic heterocycles. The third kappa shape index (κ3) is 3.35. The molecule has 23 heavy (non-hydrogen) atoms. The van der Waals surface area contributed by atoms with Crippen molar-refractivity contribution in [1.82, 2.24) is 4.90 Å². The molecule has 1 aliphatic rings. The molecule has 0 aromatic heterocycles. The lowest BCUT2D eigenvalue weighted by molar-refractivity contribution is -0.121. The summed E-state index contributed by atoms with van der Waals surface area (Å²) in [6.07, 6.45) is 3.38. The van der Waals surface area contributed by atoms with Crippen LogP contribution in [0.2, 0.25) is 0 Å². The molecular weight excluding hydrogens is 334 g/mol. The van der Waals surface area contributed by atoms with Gasteiger partial charge in [0.25, 0.3) is 5.91 Å². The number of hydrogen-bond acceptors (Lipinski definition) is 6. The van der Waals surface area contributed by atoms with Gasteiger partial charge in [-0.1, -0.05) is 30.1 Å². The Labute approximate surface area is 144 Å². The number of methoxy groups -OCH3 is 3. The van der Waals surface area contributed by atoms with Crippen molar-refractivity contribution in [1.29, 1.82) is 0 Å². The van der Waals surface area contributed by atoms with Crippen LogP contribution in [-0.4, -0.2) is 43.0 Å². The molecule has 1 fully saturated rings. The van der Waals surface area contributed by atoms with Crippen molar-refractivity contribution in [2.75, 3.05) is 27.9 Å². The maximum absolute atomic E-state index is 12.4. The number of thiocarbonyl (C=S) groups is 1. The van der Waals surface area contributed by atoms with Gasteiger partial charge in [-0.05, 0) is 18.2 Å². The molecule has 0 spiro atoms. The first-order chi connectivity index (χ1) is 11.1. The van der Waals surface area contributed by atoms with Crippen LogP contribution in [-0.2, 0) is 4.79 Å². The molecule has 5 nitrogen and oxygen atoms in total. The Morgan fingerprint density at radius 3 is 2.48 bits per heavy atom. The highest BCUT2D eigenvalue weighted by atomic mass is 32.2. The highest BCUT2D eigenvalue weighted by Gasteiger charge is 2.31. The number of benzene rings is 1. The molecule has 7 heteroatoms. The van der Waals surface area contributed by atoms with Crippen molar-refractivity contribution in [2.24, 2.45) is 0 Å². The van der Waals surface area contributed by atoms with Crippen LogP contribution in [0, 0.1) is 0 Å². The van der Waals surface area contributed by atoms with E-state index in [1.165, 1.54) is 30.9 Å². The smallest absolute Gasteiger partial charge is 0.266 e. The SMILES string of the molecule is C=CCN1C(=O)/C(=C\c2ccc(OC)c(OC)c2OC)SC1=S. The van der Waals surface area contributed by atoms with E-state index in [1.807, 2.05) is 0 Å². The summed E-state index contributed by atoms with van der Waals surface area (Å²) in [6, 6.07) is 3.57. The zero-order valence-electron chi connectivity index (χ0n) is 13.1. The Balaban J connectivity index is 2.45. The molecule has 1 saturated heterocycles. The standard InChI is InChI=1S/C16H17NO4S2/c1-5-8-17-15(18)12(23-16(17)22)9-10-6-7-11(19-2)14(21-4)13(10)20-3/h5-7,9H,1,8H2,2-4H3/b12-9+. The van der Waals surface area contributed by atoms with Crippen molar-refractivity contribution in [3.05, 3.63) is 35.3 Å². The van der Waals surface area contributed by atoms with Gasteiger partial charge in [0.05, 0.1) is 26.2 Å². The van der Waals surface area contributed by atoms with Crippen LogP contribution >= 0.6 is 24.0 Å². The summed E-state index contributed by atoms with van der Waals surface area (Å²) in [5, 5.41) is 0. The van der Waals surface area contributed by atoms with Gasteiger partial charge in [0.2, 0.25) is 5.75 Å². The number of carbonyl (C=O) groups excluding carboxylic acids is 1. The Kier molecular flexibility index (Phi) is 5.68. The van der Waals surface area contributed by atoms with E-state index in [-0.39, 0.29) is 5.91 Å². The largest absolute Gasteiger partial charge is 0.493 e. The highest BCUT2D eigenvalue weighted by Crippen LogP contribution is 2.42. The predicted molar refractivity (Wildman–Crippen MR) is 96.2 cm³/mol. The molecule has 1 aromatic rings. The van der Waals surface area contributed by atoms with Crippen molar-refractivity contribution in [2.45, 2.75) is 0 Å². The highest BCUT2D eigenvalue weighted by molar-refractivity contribution is 8.26. The molecule has 0 unspecified atom stereocenters. The summed E-state index contributed by atoms with van der Waals surface area (Å²) in [4.78, 5) is 14.4. The van der Waals surface area contributed by atoms with E-state index < -0.39 is 0 Å². The number of thioether (sulfide) groups is 1. The van der Waals surface area contributed by atoms with Gasteiger partial charge in [0.15, 0.2) is 11.5 Å². The van der Waals surface area contributed by atoms with Gasteiger partial charge in [-0.2, -0.15) is 0 Å². The second-order valence-corrected chi connectivity index (χ2v) is 6.18. The van der Waals surface area contributed by atoms with Crippen molar-refractivity contribution < 1.29 is 19.0 Å². The van der Waals surface area contributed by atoms with Crippen LogP contribution in [0.3, 0.4) is 0 Å². The van der Waals surface area contributed by atoms with Crippen molar-refractivity contribution in [3.8, 4) is 17.2 Å². The molecule has 0 bridgehead atoms. The number of hydrogen-bond donors (Lipinski definition) is 0. The normalized spacial score (nSPS) is 16.0. The fraction of sp³-hybridized carbons (Fsp3) is 0.250. The number of ether oxygens (including phenoxy) is 3. The van der Waals surface area contributed by atoms with Crippen molar-refractivity contribution >= 4 is 40.3 Å². The van der Waals surface area contributed by atoms with Crippen LogP contribution in [0.15, 0.2) is 29.7 Å².